The Hall–Kier alpha value is -1.62. The van der Waals surface area contributed by atoms with Crippen molar-refractivity contribution in [2.24, 2.45) is 5.73 Å². The van der Waals surface area contributed by atoms with E-state index in [1.807, 2.05) is 22.7 Å². The number of rotatable bonds is 2. The Bertz CT molecular complexity index is 423. The largest absolute Gasteiger partial charge is 0.493 e. The van der Waals surface area contributed by atoms with Crippen molar-refractivity contribution in [1.82, 2.24) is 14.6 Å². The Kier molecular flexibility index (Phi) is 1.86. The number of nitrogens with two attached hydrogens (primary N) is 1. The number of fused-ring (bicyclic) bond motifs is 1. The number of pyridine rings is 1. The van der Waals surface area contributed by atoms with Gasteiger partial charge in [-0.1, -0.05) is 0 Å². The quantitative estimate of drug-likeness (QED) is 0.713. The minimum Gasteiger partial charge on any atom is -0.493 e. The maximum absolute atomic E-state index is 5.49. The Morgan fingerprint density at radius 1 is 1.54 bits per heavy atom. The lowest BCUT2D eigenvalue weighted by molar-refractivity contribution is 0.416. The molecule has 0 unspecified atom stereocenters. The zero-order valence-corrected chi connectivity index (χ0v) is 7.27. The van der Waals surface area contributed by atoms with Gasteiger partial charge in [-0.2, -0.15) is 0 Å². The van der Waals surface area contributed by atoms with Gasteiger partial charge in [-0.25, -0.2) is 0 Å². The third kappa shape index (κ3) is 1.13. The highest BCUT2D eigenvalue weighted by molar-refractivity contribution is 5.52. The number of hydrogen-bond acceptors (Lipinski definition) is 4. The van der Waals surface area contributed by atoms with E-state index in [9.17, 15) is 0 Å². The lowest BCUT2D eigenvalue weighted by Gasteiger charge is -2.00. The van der Waals surface area contributed by atoms with Crippen LogP contribution in [0.1, 0.15) is 5.82 Å². The van der Waals surface area contributed by atoms with Gasteiger partial charge in [0.05, 0.1) is 13.7 Å². The molecule has 5 nitrogen and oxygen atoms in total. The molecular formula is C8H10N4O. The molecule has 2 aromatic rings. The van der Waals surface area contributed by atoms with Gasteiger partial charge in [0.2, 0.25) is 5.65 Å². The van der Waals surface area contributed by atoms with Crippen LogP contribution in [0.2, 0.25) is 0 Å². The van der Waals surface area contributed by atoms with Gasteiger partial charge in [0, 0.05) is 6.20 Å². The molecule has 5 heteroatoms. The normalized spacial score (nSPS) is 10.6. The van der Waals surface area contributed by atoms with Crippen LogP contribution in [0.15, 0.2) is 18.3 Å². The summed E-state index contributed by atoms with van der Waals surface area (Å²) >= 11 is 0. The average Bonchev–Trinajstić information content (AvgIpc) is 2.60. The van der Waals surface area contributed by atoms with E-state index in [1.165, 1.54) is 0 Å². The van der Waals surface area contributed by atoms with Crippen molar-refractivity contribution in [3.8, 4) is 5.75 Å². The fourth-order valence-electron chi connectivity index (χ4n) is 1.24. The van der Waals surface area contributed by atoms with Gasteiger partial charge in [0.1, 0.15) is 0 Å². The lowest BCUT2D eigenvalue weighted by Crippen LogP contribution is -2.02. The fraction of sp³-hybridized carbons (Fsp3) is 0.250. The highest BCUT2D eigenvalue weighted by Gasteiger charge is 2.06. The van der Waals surface area contributed by atoms with Crippen LogP contribution in [0.5, 0.6) is 5.75 Å². The van der Waals surface area contributed by atoms with Gasteiger partial charge < -0.3 is 10.5 Å². The van der Waals surface area contributed by atoms with Crippen molar-refractivity contribution in [2.75, 3.05) is 7.11 Å². The smallest absolute Gasteiger partial charge is 0.203 e. The molecule has 0 spiro atoms. The lowest BCUT2D eigenvalue weighted by atomic mass is 10.4. The summed E-state index contributed by atoms with van der Waals surface area (Å²) in [5, 5.41) is 7.90. The molecule has 0 aliphatic heterocycles. The monoisotopic (exact) mass is 178 g/mol. The third-order valence-corrected chi connectivity index (χ3v) is 1.87. The molecule has 2 N–H and O–H groups in total. The first kappa shape index (κ1) is 8.00. The fourth-order valence-corrected chi connectivity index (χ4v) is 1.24. The summed E-state index contributed by atoms with van der Waals surface area (Å²) in [6.07, 6.45) is 1.86. The van der Waals surface area contributed by atoms with Crippen molar-refractivity contribution >= 4 is 5.65 Å². The minimum atomic E-state index is 0.369. The van der Waals surface area contributed by atoms with E-state index in [1.54, 1.807) is 7.11 Å². The minimum absolute atomic E-state index is 0.369. The predicted molar refractivity (Wildman–Crippen MR) is 47.4 cm³/mol. The van der Waals surface area contributed by atoms with Crippen LogP contribution >= 0.6 is 0 Å². The average molecular weight is 178 g/mol. The van der Waals surface area contributed by atoms with Crippen molar-refractivity contribution in [1.29, 1.82) is 0 Å². The Morgan fingerprint density at radius 2 is 2.38 bits per heavy atom. The van der Waals surface area contributed by atoms with Crippen molar-refractivity contribution in [2.45, 2.75) is 6.54 Å². The summed E-state index contributed by atoms with van der Waals surface area (Å²) in [4.78, 5) is 0. The third-order valence-electron chi connectivity index (χ3n) is 1.87. The maximum Gasteiger partial charge on any atom is 0.203 e. The van der Waals surface area contributed by atoms with Gasteiger partial charge in [0.25, 0.3) is 0 Å². The summed E-state index contributed by atoms with van der Waals surface area (Å²) in [7, 11) is 1.60. The number of methoxy groups -OCH3 is 1. The van der Waals surface area contributed by atoms with Crippen LogP contribution in [0, 0.1) is 0 Å². The molecule has 0 radical (unpaired) electrons. The SMILES string of the molecule is COc1cccn2c(CN)nnc12. The first-order valence-electron chi connectivity index (χ1n) is 3.93. The highest BCUT2D eigenvalue weighted by atomic mass is 16.5. The highest BCUT2D eigenvalue weighted by Crippen LogP contribution is 2.16. The zero-order valence-electron chi connectivity index (χ0n) is 7.27. The molecule has 0 atom stereocenters. The standard InChI is InChI=1S/C8H10N4O/c1-13-6-3-2-4-12-7(5-9)10-11-8(6)12/h2-4H,5,9H2,1H3. The second kappa shape index (κ2) is 3.02. The van der Waals surface area contributed by atoms with Crippen LogP contribution in [0.25, 0.3) is 5.65 Å². The van der Waals surface area contributed by atoms with Gasteiger partial charge in [0.15, 0.2) is 11.6 Å². The maximum atomic E-state index is 5.49. The molecule has 0 aromatic carbocycles. The Balaban J connectivity index is 2.72. The molecular weight excluding hydrogens is 168 g/mol. The van der Waals surface area contributed by atoms with Crippen LogP contribution < -0.4 is 10.5 Å². The van der Waals surface area contributed by atoms with E-state index in [2.05, 4.69) is 10.2 Å². The molecule has 0 aliphatic rings. The van der Waals surface area contributed by atoms with E-state index in [-0.39, 0.29) is 0 Å². The first-order chi connectivity index (χ1) is 6.36. The van der Waals surface area contributed by atoms with E-state index in [4.69, 9.17) is 10.5 Å². The molecule has 0 saturated carbocycles. The van der Waals surface area contributed by atoms with Crippen LogP contribution in [-0.4, -0.2) is 21.7 Å². The van der Waals surface area contributed by atoms with Crippen molar-refractivity contribution in [3.63, 3.8) is 0 Å². The molecule has 2 rings (SSSR count). The van der Waals surface area contributed by atoms with Gasteiger partial charge in [-0.05, 0) is 12.1 Å². The summed E-state index contributed by atoms with van der Waals surface area (Å²) in [5.74, 6) is 1.43. The summed E-state index contributed by atoms with van der Waals surface area (Å²) < 4.78 is 6.94. The number of nitrogens with zero attached hydrogens (tertiary/aromatic N) is 3. The van der Waals surface area contributed by atoms with Crippen LogP contribution in [0.3, 0.4) is 0 Å². The van der Waals surface area contributed by atoms with E-state index >= 15 is 0 Å². The number of ether oxygens (including phenoxy) is 1. The topological polar surface area (TPSA) is 65.4 Å². The van der Waals surface area contributed by atoms with Crippen molar-refractivity contribution < 1.29 is 4.74 Å². The van der Waals surface area contributed by atoms with Crippen LogP contribution in [0.4, 0.5) is 0 Å². The zero-order chi connectivity index (χ0) is 9.26. The molecule has 0 fully saturated rings. The molecule has 0 saturated heterocycles. The van der Waals surface area contributed by atoms with Crippen LogP contribution in [-0.2, 0) is 6.54 Å². The molecule has 2 aromatic heterocycles. The van der Waals surface area contributed by atoms with Gasteiger partial charge in [-0.15, -0.1) is 10.2 Å². The summed E-state index contributed by atoms with van der Waals surface area (Å²) in [6, 6.07) is 3.71. The Labute approximate surface area is 75.1 Å². The molecule has 68 valence electrons. The van der Waals surface area contributed by atoms with E-state index in [0.717, 1.165) is 5.82 Å². The second-order valence-electron chi connectivity index (χ2n) is 2.59. The molecule has 0 amide bonds. The molecule has 0 bridgehead atoms. The first-order valence-corrected chi connectivity index (χ1v) is 3.93. The number of aromatic nitrogens is 3. The molecule has 13 heavy (non-hydrogen) atoms. The van der Waals surface area contributed by atoms with E-state index < -0.39 is 0 Å². The summed E-state index contributed by atoms with van der Waals surface area (Å²) in [6.45, 7) is 0.369. The molecule has 2 heterocycles. The predicted octanol–water partition coefficient (Wildman–Crippen LogP) is 0.197. The van der Waals surface area contributed by atoms with E-state index in [0.29, 0.717) is 17.9 Å². The number of hydrogen-bond donors (Lipinski definition) is 1. The second-order valence-corrected chi connectivity index (χ2v) is 2.59. The molecule has 0 aliphatic carbocycles. The summed E-state index contributed by atoms with van der Waals surface area (Å²) in [5.41, 5.74) is 6.19. The van der Waals surface area contributed by atoms with Gasteiger partial charge >= 0.3 is 0 Å². The van der Waals surface area contributed by atoms with Crippen molar-refractivity contribution in [3.05, 3.63) is 24.2 Å². The Morgan fingerprint density at radius 3 is 3.08 bits per heavy atom. The van der Waals surface area contributed by atoms with Gasteiger partial charge in [-0.3, -0.25) is 4.40 Å².